The van der Waals surface area contributed by atoms with Crippen LogP contribution in [0.2, 0.25) is 0 Å². The number of esters is 1. The van der Waals surface area contributed by atoms with Crippen molar-refractivity contribution in [3.05, 3.63) is 94.9 Å². The Labute approximate surface area is 282 Å². The number of para-hydroxylation sites is 1. The number of ether oxygens (including phenoxy) is 2. The molecule has 2 aromatic carbocycles. The van der Waals surface area contributed by atoms with Gasteiger partial charge in [0, 0.05) is 25.6 Å². The average Bonchev–Trinajstić information content (AvgIpc) is 3.53. The first kappa shape index (κ1) is 32.2. The molecule has 3 N–H and O–H groups in total. The van der Waals surface area contributed by atoms with Gasteiger partial charge in [0.05, 0.1) is 18.7 Å². The van der Waals surface area contributed by atoms with Crippen molar-refractivity contribution in [3.8, 4) is 5.75 Å². The molecule has 1 aromatic heterocycles. The SMILES string of the molecule is COC(=O)c1ccc(CN2CCC(N3CCC([C@@H]4CCNc5c(C(N)=O)c(C6=CC=C(Oc7ccccc7)CC6)nn54)CC3)CC2)cc1. The number of allylic oxidation sites excluding steroid dienone is 4. The van der Waals surface area contributed by atoms with E-state index in [2.05, 4.69) is 19.8 Å². The number of nitrogens with two attached hydrogens (primary N) is 1. The van der Waals surface area contributed by atoms with E-state index in [9.17, 15) is 9.59 Å². The van der Waals surface area contributed by atoms with Gasteiger partial charge in [-0.2, -0.15) is 5.10 Å². The van der Waals surface area contributed by atoms with Crippen molar-refractivity contribution in [3.63, 3.8) is 0 Å². The molecule has 0 unspecified atom stereocenters. The number of amides is 1. The zero-order valence-corrected chi connectivity index (χ0v) is 27.8. The second-order valence-corrected chi connectivity index (χ2v) is 13.5. The molecule has 4 heterocycles. The first-order valence-electron chi connectivity index (χ1n) is 17.4. The summed E-state index contributed by atoms with van der Waals surface area (Å²) in [5, 5.41) is 8.57. The predicted octanol–water partition coefficient (Wildman–Crippen LogP) is 5.64. The van der Waals surface area contributed by atoms with Crippen LogP contribution in [0.4, 0.5) is 5.82 Å². The van der Waals surface area contributed by atoms with E-state index < -0.39 is 5.91 Å². The van der Waals surface area contributed by atoms with Crippen molar-refractivity contribution in [2.24, 2.45) is 11.7 Å². The maximum absolute atomic E-state index is 12.8. The Morgan fingerprint density at radius 2 is 1.67 bits per heavy atom. The van der Waals surface area contributed by atoms with E-state index in [4.69, 9.17) is 20.3 Å². The van der Waals surface area contributed by atoms with E-state index in [1.807, 2.05) is 66.7 Å². The number of aromatic nitrogens is 2. The van der Waals surface area contributed by atoms with Gasteiger partial charge in [-0.3, -0.25) is 9.69 Å². The van der Waals surface area contributed by atoms with Crippen LogP contribution < -0.4 is 15.8 Å². The Kier molecular flexibility index (Phi) is 9.63. The zero-order valence-electron chi connectivity index (χ0n) is 27.8. The van der Waals surface area contributed by atoms with Crippen molar-refractivity contribution >= 4 is 23.3 Å². The number of piperidine rings is 2. The number of benzene rings is 2. The molecule has 1 aliphatic carbocycles. The fourth-order valence-electron chi connectivity index (χ4n) is 7.97. The maximum Gasteiger partial charge on any atom is 0.337 e. The number of likely N-dealkylation sites (tertiary alicyclic amines) is 2. The largest absolute Gasteiger partial charge is 0.465 e. The normalized spacial score (nSPS) is 21.1. The minimum absolute atomic E-state index is 0.249. The lowest BCUT2D eigenvalue weighted by Gasteiger charge is -2.43. The fraction of sp³-hybridized carbons (Fsp3) is 0.447. The van der Waals surface area contributed by atoms with Crippen LogP contribution in [0, 0.1) is 5.92 Å². The molecule has 0 spiro atoms. The first-order chi connectivity index (χ1) is 23.5. The molecular weight excluding hydrogens is 604 g/mol. The lowest BCUT2D eigenvalue weighted by atomic mass is 9.85. The van der Waals surface area contributed by atoms with Crippen molar-refractivity contribution in [2.45, 2.75) is 63.6 Å². The van der Waals surface area contributed by atoms with Crippen molar-refractivity contribution in [1.82, 2.24) is 19.6 Å². The molecule has 7 rings (SSSR count). The Bertz CT molecular complexity index is 1660. The number of carbonyl (C=O) groups is 2. The number of nitrogens with one attached hydrogen (secondary N) is 1. The van der Waals surface area contributed by atoms with E-state index >= 15 is 0 Å². The van der Waals surface area contributed by atoms with Gasteiger partial charge >= 0.3 is 5.97 Å². The molecule has 1 atom stereocenters. The lowest BCUT2D eigenvalue weighted by Crippen LogP contribution is -2.48. The predicted molar refractivity (Wildman–Crippen MR) is 186 cm³/mol. The molecule has 0 bridgehead atoms. The summed E-state index contributed by atoms with van der Waals surface area (Å²) < 4.78 is 13.0. The van der Waals surface area contributed by atoms with Crippen molar-refractivity contribution < 1.29 is 19.1 Å². The van der Waals surface area contributed by atoms with Gasteiger partial charge in [-0.25, -0.2) is 9.48 Å². The number of carbonyl (C=O) groups excluding carboxylic acids is 2. The van der Waals surface area contributed by atoms with Crippen LogP contribution in [0.15, 0.2) is 72.5 Å². The number of rotatable bonds is 9. The number of hydrogen-bond donors (Lipinski definition) is 2. The second kappa shape index (κ2) is 14.4. The highest BCUT2D eigenvalue weighted by atomic mass is 16.5. The highest BCUT2D eigenvalue weighted by Gasteiger charge is 2.37. The molecule has 4 aliphatic rings. The number of fused-ring (bicyclic) bond motifs is 1. The first-order valence-corrected chi connectivity index (χ1v) is 17.4. The molecule has 252 valence electrons. The Hall–Kier alpha value is -4.41. The van der Waals surface area contributed by atoms with Crippen molar-refractivity contribution in [1.29, 1.82) is 0 Å². The van der Waals surface area contributed by atoms with Gasteiger partial charge in [-0.1, -0.05) is 36.4 Å². The minimum atomic E-state index is -0.435. The van der Waals surface area contributed by atoms with Crippen LogP contribution in [0.3, 0.4) is 0 Å². The average molecular weight is 651 g/mol. The van der Waals surface area contributed by atoms with Gasteiger partial charge in [0.2, 0.25) is 0 Å². The van der Waals surface area contributed by atoms with Crippen molar-refractivity contribution in [2.75, 3.05) is 45.2 Å². The quantitative estimate of drug-likeness (QED) is 0.286. The summed E-state index contributed by atoms with van der Waals surface area (Å²) in [6.45, 7) is 6.08. The Morgan fingerprint density at radius 3 is 2.33 bits per heavy atom. The van der Waals surface area contributed by atoms with Crippen LogP contribution in [-0.4, -0.2) is 77.3 Å². The number of anilines is 1. The monoisotopic (exact) mass is 650 g/mol. The summed E-state index contributed by atoms with van der Waals surface area (Å²) in [5.41, 5.74) is 10.0. The summed E-state index contributed by atoms with van der Waals surface area (Å²) in [4.78, 5) is 29.8. The van der Waals surface area contributed by atoms with Crippen LogP contribution in [0.5, 0.6) is 5.75 Å². The van der Waals surface area contributed by atoms with E-state index in [1.165, 1.54) is 25.5 Å². The van der Waals surface area contributed by atoms with Gasteiger partial charge in [-0.15, -0.1) is 0 Å². The van der Waals surface area contributed by atoms with Crippen LogP contribution in [-0.2, 0) is 11.3 Å². The van der Waals surface area contributed by atoms with E-state index in [0.717, 1.165) is 94.3 Å². The molecule has 2 saturated heterocycles. The summed E-state index contributed by atoms with van der Waals surface area (Å²) >= 11 is 0. The Balaban J connectivity index is 0.961. The minimum Gasteiger partial charge on any atom is -0.465 e. The highest BCUT2D eigenvalue weighted by Crippen LogP contribution is 2.41. The molecule has 10 nitrogen and oxygen atoms in total. The molecule has 48 heavy (non-hydrogen) atoms. The standard InChI is InChI=1S/C38H46N6O4/c1-47-38(46)29-9-7-26(8-10-29)25-42-21-18-30(19-22-42)43-23-16-27(17-24-43)33-15-20-40-37-34(36(39)45)35(41-44(33)37)28-11-13-32(14-12-28)48-31-5-3-2-4-6-31/h2-11,13,27,30,33,40H,12,14-25H2,1H3,(H2,39,45)/t33-/m0/s1. The second-order valence-electron chi connectivity index (χ2n) is 13.5. The molecule has 3 aliphatic heterocycles. The number of nitrogens with zero attached hydrogens (tertiary/aromatic N) is 4. The summed E-state index contributed by atoms with van der Waals surface area (Å²) in [6, 6.07) is 18.4. The van der Waals surface area contributed by atoms with Gasteiger partial charge in [0.15, 0.2) is 0 Å². The highest BCUT2D eigenvalue weighted by molar-refractivity contribution is 6.02. The van der Waals surface area contributed by atoms with E-state index in [-0.39, 0.29) is 12.0 Å². The topological polar surface area (TPSA) is 115 Å². The molecule has 0 radical (unpaired) electrons. The molecule has 2 fully saturated rings. The van der Waals surface area contributed by atoms with Gasteiger partial charge < -0.3 is 25.4 Å². The zero-order chi connectivity index (χ0) is 33.0. The number of methoxy groups -OCH3 is 1. The molecule has 10 heteroatoms. The third-order valence-electron chi connectivity index (χ3n) is 10.6. The smallest absolute Gasteiger partial charge is 0.337 e. The molecule has 3 aromatic rings. The van der Waals surface area contributed by atoms with E-state index in [0.29, 0.717) is 28.8 Å². The molecule has 1 amide bonds. The number of primary amides is 1. The fourth-order valence-corrected chi connectivity index (χ4v) is 7.97. The Morgan fingerprint density at radius 1 is 0.917 bits per heavy atom. The summed E-state index contributed by atoms with van der Waals surface area (Å²) in [7, 11) is 1.41. The van der Waals surface area contributed by atoms with E-state index in [1.54, 1.807) is 0 Å². The lowest BCUT2D eigenvalue weighted by molar-refractivity contribution is 0.0599. The summed E-state index contributed by atoms with van der Waals surface area (Å²) in [5.74, 6) is 2.27. The third kappa shape index (κ3) is 6.91. The van der Waals surface area contributed by atoms with Crippen LogP contribution >= 0.6 is 0 Å². The number of hydrogen-bond acceptors (Lipinski definition) is 8. The molecule has 0 saturated carbocycles. The molecular formula is C38H46N6O4. The van der Waals surface area contributed by atoms with Gasteiger partial charge in [0.25, 0.3) is 5.91 Å². The summed E-state index contributed by atoms with van der Waals surface area (Å²) in [6.07, 6.45) is 11.1. The van der Waals surface area contributed by atoms with Crippen LogP contribution in [0.25, 0.3) is 5.57 Å². The van der Waals surface area contributed by atoms with Crippen LogP contribution in [0.1, 0.15) is 83.0 Å². The third-order valence-corrected chi connectivity index (χ3v) is 10.6. The maximum atomic E-state index is 12.8. The van der Waals surface area contributed by atoms with Gasteiger partial charge in [-0.05, 0) is 112 Å². The van der Waals surface area contributed by atoms with Gasteiger partial charge in [0.1, 0.15) is 28.6 Å².